The molecular weight excluding hydrogens is 306 g/mol. The molecule has 0 aromatic heterocycles. The first-order valence-electron chi connectivity index (χ1n) is 5.74. The topological polar surface area (TPSA) is 81.1 Å². The minimum absolute atomic E-state index is 0.450. The predicted molar refractivity (Wildman–Crippen MR) is 80.8 cm³/mol. The van der Waals surface area contributed by atoms with Crippen LogP contribution in [0.5, 0.6) is 0 Å². The molecule has 2 aromatic carbocycles. The molecule has 0 aliphatic carbocycles. The van der Waals surface area contributed by atoms with Gasteiger partial charge in [-0.25, -0.2) is 0 Å². The van der Waals surface area contributed by atoms with Crippen molar-refractivity contribution in [2.45, 2.75) is 6.54 Å². The van der Waals surface area contributed by atoms with Crippen molar-refractivity contribution in [1.29, 1.82) is 0 Å². The van der Waals surface area contributed by atoms with E-state index in [0.29, 0.717) is 28.0 Å². The van der Waals surface area contributed by atoms with E-state index in [-0.39, 0.29) is 0 Å². The van der Waals surface area contributed by atoms with Gasteiger partial charge in [0.2, 0.25) is 0 Å². The van der Waals surface area contributed by atoms with Crippen molar-refractivity contribution in [3.05, 3.63) is 58.1 Å². The fourth-order valence-corrected chi connectivity index (χ4v) is 2.38. The zero-order valence-electron chi connectivity index (χ0n) is 10.2. The Balaban J connectivity index is 2.20. The van der Waals surface area contributed by atoms with Gasteiger partial charge in [0, 0.05) is 22.4 Å². The second kappa shape index (κ2) is 5.75. The highest BCUT2D eigenvalue weighted by molar-refractivity contribution is 9.10. The van der Waals surface area contributed by atoms with E-state index >= 15 is 0 Å². The third-order valence-corrected chi connectivity index (χ3v) is 3.35. The number of primary amides is 1. The van der Waals surface area contributed by atoms with Gasteiger partial charge in [0.1, 0.15) is 0 Å². The third kappa shape index (κ3) is 3.26. The van der Waals surface area contributed by atoms with E-state index in [9.17, 15) is 4.79 Å². The summed E-state index contributed by atoms with van der Waals surface area (Å²) in [4.78, 5) is 11.4. The molecule has 2 rings (SSSR count). The van der Waals surface area contributed by atoms with Crippen molar-refractivity contribution in [3.8, 4) is 0 Å². The number of nitrogens with two attached hydrogens (primary N) is 2. The summed E-state index contributed by atoms with van der Waals surface area (Å²) in [6.45, 7) is 0.571. The van der Waals surface area contributed by atoms with Crippen LogP contribution in [0, 0.1) is 0 Å². The summed E-state index contributed by atoms with van der Waals surface area (Å²) in [6.07, 6.45) is 0. The molecule has 0 spiro atoms. The molecule has 0 fully saturated rings. The average molecular weight is 320 g/mol. The lowest BCUT2D eigenvalue weighted by molar-refractivity contribution is 0.100. The molecule has 0 aliphatic rings. The number of benzene rings is 2. The molecule has 5 N–H and O–H groups in total. The lowest BCUT2D eigenvalue weighted by Gasteiger charge is -2.11. The summed E-state index contributed by atoms with van der Waals surface area (Å²) in [6, 6.07) is 13.0. The Morgan fingerprint density at radius 2 is 1.95 bits per heavy atom. The molecule has 0 bridgehead atoms. The van der Waals surface area contributed by atoms with Crippen LogP contribution < -0.4 is 16.8 Å². The van der Waals surface area contributed by atoms with E-state index in [0.717, 1.165) is 5.56 Å². The van der Waals surface area contributed by atoms with E-state index in [1.165, 1.54) is 0 Å². The van der Waals surface area contributed by atoms with Crippen molar-refractivity contribution in [2.24, 2.45) is 5.73 Å². The molecule has 0 radical (unpaired) electrons. The molecule has 98 valence electrons. The third-order valence-electron chi connectivity index (χ3n) is 2.69. The number of anilines is 2. The van der Waals surface area contributed by atoms with Gasteiger partial charge in [-0.05, 0) is 45.8 Å². The first-order chi connectivity index (χ1) is 9.08. The Morgan fingerprint density at radius 3 is 2.63 bits per heavy atom. The maximum absolute atomic E-state index is 11.4. The monoisotopic (exact) mass is 319 g/mol. The number of carbonyl (C=O) groups is 1. The van der Waals surface area contributed by atoms with Crippen LogP contribution in [0.25, 0.3) is 0 Å². The number of rotatable bonds is 4. The summed E-state index contributed by atoms with van der Waals surface area (Å²) < 4.78 is 0.678. The van der Waals surface area contributed by atoms with Crippen LogP contribution in [-0.2, 0) is 6.54 Å². The van der Waals surface area contributed by atoms with Crippen LogP contribution in [0.15, 0.2) is 46.9 Å². The van der Waals surface area contributed by atoms with Gasteiger partial charge in [0.25, 0.3) is 5.91 Å². The summed E-state index contributed by atoms with van der Waals surface area (Å²) in [7, 11) is 0. The van der Waals surface area contributed by atoms with Crippen molar-refractivity contribution in [3.63, 3.8) is 0 Å². The molecule has 19 heavy (non-hydrogen) atoms. The minimum atomic E-state index is -0.470. The molecule has 5 heteroatoms. The van der Waals surface area contributed by atoms with Gasteiger partial charge in [-0.1, -0.05) is 18.2 Å². The summed E-state index contributed by atoms with van der Waals surface area (Å²) in [5.74, 6) is -0.470. The smallest absolute Gasteiger partial charge is 0.251 e. The van der Waals surface area contributed by atoms with Gasteiger partial charge < -0.3 is 16.8 Å². The lowest BCUT2D eigenvalue weighted by Crippen LogP contribution is -2.15. The maximum Gasteiger partial charge on any atom is 0.251 e. The highest BCUT2D eigenvalue weighted by atomic mass is 79.9. The molecule has 0 unspecified atom stereocenters. The molecular formula is C14H14BrN3O. The fourth-order valence-electron chi connectivity index (χ4n) is 1.82. The molecule has 0 saturated heterocycles. The van der Waals surface area contributed by atoms with Crippen molar-refractivity contribution >= 4 is 33.2 Å². The first-order valence-corrected chi connectivity index (χ1v) is 6.54. The highest BCUT2D eigenvalue weighted by Crippen LogP contribution is 2.24. The van der Waals surface area contributed by atoms with Crippen LogP contribution in [-0.4, -0.2) is 5.91 Å². The number of amides is 1. The van der Waals surface area contributed by atoms with Gasteiger partial charge in [-0.15, -0.1) is 0 Å². The second-order valence-electron chi connectivity index (χ2n) is 4.13. The van der Waals surface area contributed by atoms with E-state index in [1.807, 2.05) is 36.4 Å². The zero-order chi connectivity index (χ0) is 13.8. The number of carbonyl (C=O) groups excluding carboxylic acids is 1. The molecule has 0 heterocycles. The van der Waals surface area contributed by atoms with Gasteiger partial charge in [0.15, 0.2) is 0 Å². The Kier molecular flexibility index (Phi) is 4.06. The van der Waals surface area contributed by atoms with Crippen LogP contribution in [0.2, 0.25) is 0 Å². The van der Waals surface area contributed by atoms with Gasteiger partial charge in [0.05, 0.1) is 5.56 Å². The Morgan fingerprint density at radius 1 is 1.21 bits per heavy atom. The van der Waals surface area contributed by atoms with Crippen molar-refractivity contribution < 1.29 is 4.79 Å². The van der Waals surface area contributed by atoms with Crippen LogP contribution in [0.3, 0.4) is 0 Å². The zero-order valence-corrected chi connectivity index (χ0v) is 11.8. The van der Waals surface area contributed by atoms with Gasteiger partial charge >= 0.3 is 0 Å². The number of nitrogen functional groups attached to an aromatic ring is 1. The van der Waals surface area contributed by atoms with Crippen LogP contribution >= 0.6 is 15.9 Å². The van der Waals surface area contributed by atoms with Gasteiger partial charge in [-0.3, -0.25) is 4.79 Å². The van der Waals surface area contributed by atoms with Crippen LogP contribution in [0.4, 0.5) is 11.4 Å². The van der Waals surface area contributed by atoms with Crippen LogP contribution in [0.1, 0.15) is 15.9 Å². The average Bonchev–Trinajstić information content (AvgIpc) is 2.36. The summed E-state index contributed by atoms with van der Waals surface area (Å²) >= 11 is 3.32. The molecule has 1 amide bonds. The number of hydrogen-bond donors (Lipinski definition) is 3. The van der Waals surface area contributed by atoms with Gasteiger partial charge in [-0.2, -0.15) is 0 Å². The first kappa shape index (κ1) is 13.4. The van der Waals surface area contributed by atoms with E-state index < -0.39 is 5.91 Å². The minimum Gasteiger partial charge on any atom is -0.399 e. The van der Waals surface area contributed by atoms with Crippen molar-refractivity contribution in [2.75, 3.05) is 11.1 Å². The molecule has 2 aromatic rings. The van der Waals surface area contributed by atoms with E-state index in [4.69, 9.17) is 11.5 Å². The molecule has 0 saturated carbocycles. The standard InChI is InChI=1S/C14H14BrN3O/c15-11-5-2-6-12(13(11)14(17)19)18-8-9-3-1-4-10(16)7-9/h1-7,18H,8,16H2,(H2,17,19). The SMILES string of the molecule is NC(=O)c1c(Br)cccc1NCc1cccc(N)c1. The fraction of sp³-hybridized carbons (Fsp3) is 0.0714. The Bertz CT molecular complexity index is 613. The molecule has 0 atom stereocenters. The Hall–Kier alpha value is -2.01. The number of halogens is 1. The van der Waals surface area contributed by atoms with E-state index in [1.54, 1.807) is 6.07 Å². The predicted octanol–water partition coefficient (Wildman–Crippen LogP) is 2.74. The summed E-state index contributed by atoms with van der Waals surface area (Å²) in [5.41, 5.74) is 14.0. The quantitative estimate of drug-likeness (QED) is 0.758. The molecule has 4 nitrogen and oxygen atoms in total. The highest BCUT2D eigenvalue weighted by Gasteiger charge is 2.11. The summed E-state index contributed by atoms with van der Waals surface area (Å²) in [5, 5.41) is 3.19. The largest absolute Gasteiger partial charge is 0.399 e. The molecule has 0 aliphatic heterocycles. The normalized spacial score (nSPS) is 10.2. The van der Waals surface area contributed by atoms with E-state index in [2.05, 4.69) is 21.2 Å². The number of nitrogens with one attached hydrogen (secondary N) is 1. The Labute approximate surface area is 119 Å². The maximum atomic E-state index is 11.4. The second-order valence-corrected chi connectivity index (χ2v) is 4.98. The van der Waals surface area contributed by atoms with Crippen molar-refractivity contribution in [1.82, 2.24) is 0 Å². The number of hydrogen-bond acceptors (Lipinski definition) is 3. The lowest BCUT2D eigenvalue weighted by atomic mass is 10.1.